The second kappa shape index (κ2) is 7.39. The van der Waals surface area contributed by atoms with Gasteiger partial charge in [-0.25, -0.2) is 0 Å². The lowest BCUT2D eigenvalue weighted by Crippen LogP contribution is -2.28. The molecule has 2 nitrogen and oxygen atoms in total. The average Bonchev–Trinajstić information content (AvgIpc) is 2.59. The van der Waals surface area contributed by atoms with Crippen molar-refractivity contribution in [3.63, 3.8) is 0 Å². The van der Waals surface area contributed by atoms with Crippen LogP contribution in [-0.4, -0.2) is 29.8 Å². The SMILES string of the molecule is CCSc1cccc(CN2CC(C)C(N)C2)c1.Cl. The molecule has 1 saturated heterocycles. The van der Waals surface area contributed by atoms with Crippen LogP contribution in [0.4, 0.5) is 0 Å². The minimum atomic E-state index is 0. The third-order valence-electron chi connectivity index (χ3n) is 3.36. The van der Waals surface area contributed by atoms with Crippen molar-refractivity contribution in [3.8, 4) is 0 Å². The Morgan fingerprint density at radius 3 is 2.78 bits per heavy atom. The highest BCUT2D eigenvalue weighted by molar-refractivity contribution is 7.99. The van der Waals surface area contributed by atoms with Crippen molar-refractivity contribution in [2.45, 2.75) is 31.3 Å². The fourth-order valence-electron chi connectivity index (χ4n) is 2.38. The van der Waals surface area contributed by atoms with Crippen molar-refractivity contribution in [3.05, 3.63) is 29.8 Å². The van der Waals surface area contributed by atoms with E-state index in [1.807, 2.05) is 11.8 Å². The fourth-order valence-corrected chi connectivity index (χ4v) is 3.13. The van der Waals surface area contributed by atoms with Gasteiger partial charge in [-0.2, -0.15) is 0 Å². The molecule has 1 fully saturated rings. The lowest BCUT2D eigenvalue weighted by Gasteiger charge is -2.15. The second-order valence-electron chi connectivity index (χ2n) is 4.92. The molecule has 0 spiro atoms. The zero-order valence-corrected chi connectivity index (χ0v) is 12.8. The minimum Gasteiger partial charge on any atom is -0.326 e. The number of benzene rings is 1. The van der Waals surface area contributed by atoms with Crippen LogP contribution in [0.3, 0.4) is 0 Å². The van der Waals surface area contributed by atoms with Gasteiger partial charge in [-0.3, -0.25) is 4.90 Å². The summed E-state index contributed by atoms with van der Waals surface area (Å²) in [5, 5.41) is 0. The van der Waals surface area contributed by atoms with Gasteiger partial charge in [0, 0.05) is 30.6 Å². The first kappa shape index (κ1) is 15.8. The lowest BCUT2D eigenvalue weighted by molar-refractivity contribution is 0.318. The van der Waals surface area contributed by atoms with E-state index in [4.69, 9.17) is 5.73 Å². The maximum atomic E-state index is 6.05. The van der Waals surface area contributed by atoms with Gasteiger partial charge in [-0.05, 0) is 29.4 Å². The van der Waals surface area contributed by atoms with Crippen LogP contribution < -0.4 is 5.73 Å². The first-order valence-electron chi connectivity index (χ1n) is 6.38. The zero-order valence-electron chi connectivity index (χ0n) is 11.1. The van der Waals surface area contributed by atoms with Crippen molar-refractivity contribution in [1.82, 2.24) is 4.90 Å². The number of nitrogens with two attached hydrogens (primary N) is 1. The standard InChI is InChI=1S/C14H22N2S.ClH/c1-3-17-13-6-4-5-12(7-13)9-16-8-11(2)14(15)10-16;/h4-7,11,14H,3,8-10,15H2,1-2H3;1H. The Balaban J connectivity index is 0.00000162. The van der Waals surface area contributed by atoms with Gasteiger partial charge in [0.15, 0.2) is 0 Å². The predicted molar refractivity (Wildman–Crippen MR) is 82.5 cm³/mol. The summed E-state index contributed by atoms with van der Waals surface area (Å²) in [5.41, 5.74) is 7.46. The largest absolute Gasteiger partial charge is 0.326 e. The molecule has 1 aromatic rings. The van der Waals surface area contributed by atoms with Gasteiger partial charge in [-0.1, -0.05) is 26.0 Å². The molecule has 102 valence electrons. The fraction of sp³-hybridized carbons (Fsp3) is 0.571. The summed E-state index contributed by atoms with van der Waals surface area (Å²) >= 11 is 1.91. The van der Waals surface area contributed by atoms with Crippen molar-refractivity contribution in [2.24, 2.45) is 11.7 Å². The number of hydrogen-bond acceptors (Lipinski definition) is 3. The van der Waals surface area contributed by atoms with Crippen LogP contribution in [0.1, 0.15) is 19.4 Å². The molecule has 2 N–H and O–H groups in total. The molecule has 0 bridgehead atoms. The molecule has 0 aromatic heterocycles. The van der Waals surface area contributed by atoms with Crippen LogP contribution in [0.2, 0.25) is 0 Å². The molecular weight excluding hydrogens is 264 g/mol. The highest BCUT2D eigenvalue weighted by Crippen LogP contribution is 2.21. The number of halogens is 1. The molecule has 1 aliphatic heterocycles. The summed E-state index contributed by atoms with van der Waals surface area (Å²) in [6, 6.07) is 9.22. The van der Waals surface area contributed by atoms with Gasteiger partial charge in [0.1, 0.15) is 0 Å². The summed E-state index contributed by atoms with van der Waals surface area (Å²) in [6.07, 6.45) is 0. The van der Waals surface area contributed by atoms with Crippen molar-refractivity contribution in [2.75, 3.05) is 18.8 Å². The average molecular weight is 287 g/mol. The number of thioether (sulfide) groups is 1. The van der Waals surface area contributed by atoms with E-state index in [0.29, 0.717) is 12.0 Å². The maximum absolute atomic E-state index is 6.05. The van der Waals surface area contributed by atoms with Crippen molar-refractivity contribution >= 4 is 24.2 Å². The van der Waals surface area contributed by atoms with Crippen LogP contribution >= 0.6 is 24.2 Å². The quantitative estimate of drug-likeness (QED) is 0.863. The Kier molecular flexibility index (Phi) is 6.50. The Morgan fingerprint density at radius 2 is 2.17 bits per heavy atom. The molecule has 2 rings (SSSR count). The third kappa shape index (κ3) is 4.16. The van der Waals surface area contributed by atoms with E-state index in [1.165, 1.54) is 10.5 Å². The summed E-state index contributed by atoms with van der Waals surface area (Å²) in [7, 11) is 0. The van der Waals surface area contributed by atoms with Crippen LogP contribution in [0.15, 0.2) is 29.2 Å². The molecule has 0 radical (unpaired) electrons. The van der Waals surface area contributed by atoms with Crippen molar-refractivity contribution < 1.29 is 0 Å². The number of rotatable bonds is 4. The van der Waals surface area contributed by atoms with E-state index in [9.17, 15) is 0 Å². The molecule has 0 amide bonds. The number of likely N-dealkylation sites (tertiary alicyclic amines) is 1. The van der Waals surface area contributed by atoms with E-state index in [-0.39, 0.29) is 12.4 Å². The van der Waals surface area contributed by atoms with E-state index in [2.05, 4.69) is 43.0 Å². The Morgan fingerprint density at radius 1 is 1.39 bits per heavy atom. The number of hydrogen-bond donors (Lipinski definition) is 1. The van der Waals surface area contributed by atoms with Crippen LogP contribution in [0, 0.1) is 5.92 Å². The third-order valence-corrected chi connectivity index (χ3v) is 4.24. The Bertz CT molecular complexity index is 363. The van der Waals surface area contributed by atoms with Gasteiger partial charge in [0.05, 0.1) is 0 Å². The van der Waals surface area contributed by atoms with Gasteiger partial charge in [0.2, 0.25) is 0 Å². The zero-order chi connectivity index (χ0) is 12.3. The summed E-state index contributed by atoms with van der Waals surface area (Å²) in [4.78, 5) is 3.84. The monoisotopic (exact) mass is 286 g/mol. The molecule has 1 aliphatic rings. The van der Waals surface area contributed by atoms with Crippen LogP contribution in [-0.2, 0) is 6.54 Å². The minimum absolute atomic E-state index is 0. The molecule has 18 heavy (non-hydrogen) atoms. The number of nitrogens with zero attached hydrogens (tertiary/aromatic N) is 1. The van der Waals surface area contributed by atoms with E-state index in [0.717, 1.165) is 25.4 Å². The molecular formula is C14H23ClN2S. The Labute approximate surface area is 121 Å². The van der Waals surface area contributed by atoms with E-state index < -0.39 is 0 Å². The first-order chi connectivity index (χ1) is 8.19. The predicted octanol–water partition coefficient (Wildman–Crippen LogP) is 3.00. The summed E-state index contributed by atoms with van der Waals surface area (Å²) in [6.45, 7) is 7.64. The molecule has 2 unspecified atom stereocenters. The smallest absolute Gasteiger partial charge is 0.0234 e. The van der Waals surface area contributed by atoms with Gasteiger partial charge in [-0.15, -0.1) is 24.2 Å². The second-order valence-corrected chi connectivity index (χ2v) is 6.25. The van der Waals surface area contributed by atoms with E-state index >= 15 is 0 Å². The van der Waals surface area contributed by atoms with Gasteiger partial charge in [0.25, 0.3) is 0 Å². The highest BCUT2D eigenvalue weighted by atomic mass is 35.5. The van der Waals surface area contributed by atoms with E-state index in [1.54, 1.807) is 0 Å². The molecule has 1 heterocycles. The van der Waals surface area contributed by atoms with Gasteiger partial charge < -0.3 is 5.73 Å². The Hall–Kier alpha value is -0.220. The summed E-state index contributed by atoms with van der Waals surface area (Å²) < 4.78 is 0. The van der Waals surface area contributed by atoms with Crippen LogP contribution in [0.25, 0.3) is 0 Å². The lowest BCUT2D eigenvalue weighted by atomic mass is 10.1. The highest BCUT2D eigenvalue weighted by Gasteiger charge is 2.26. The topological polar surface area (TPSA) is 29.3 Å². The normalized spacial score (nSPS) is 23.9. The van der Waals surface area contributed by atoms with Crippen molar-refractivity contribution in [1.29, 1.82) is 0 Å². The first-order valence-corrected chi connectivity index (χ1v) is 7.37. The van der Waals surface area contributed by atoms with Crippen LogP contribution in [0.5, 0.6) is 0 Å². The maximum Gasteiger partial charge on any atom is 0.0234 e. The van der Waals surface area contributed by atoms with Gasteiger partial charge >= 0.3 is 0 Å². The molecule has 0 aliphatic carbocycles. The summed E-state index contributed by atoms with van der Waals surface area (Å²) in [5.74, 6) is 1.76. The molecule has 0 saturated carbocycles. The molecule has 1 aromatic carbocycles. The molecule has 4 heteroatoms. The molecule has 2 atom stereocenters.